The van der Waals surface area contributed by atoms with Gasteiger partial charge in [-0.05, 0) is 46.3 Å². The Morgan fingerprint density at radius 2 is 2.33 bits per heavy atom. The molecule has 1 heterocycles. The first-order valence-corrected chi connectivity index (χ1v) is 7.24. The van der Waals surface area contributed by atoms with Crippen LogP contribution < -0.4 is 10.2 Å². The van der Waals surface area contributed by atoms with Crippen molar-refractivity contribution in [1.82, 2.24) is 9.99 Å². The number of ether oxygens (including phenoxy) is 1. The summed E-state index contributed by atoms with van der Waals surface area (Å²) >= 11 is 9.13. The Hall–Kier alpha value is -1.79. The smallest absolute Gasteiger partial charge is 0.277 e. The Morgan fingerprint density at radius 3 is 3.00 bits per heavy atom. The number of carbonyl (C=O) groups is 1. The zero-order valence-corrected chi connectivity index (χ0v) is 13.6. The van der Waals surface area contributed by atoms with E-state index in [0.29, 0.717) is 15.2 Å². The lowest BCUT2D eigenvalue weighted by molar-refractivity contribution is -0.123. The Kier molecular flexibility index (Phi) is 5.41. The first-order valence-electron chi connectivity index (χ1n) is 6.07. The van der Waals surface area contributed by atoms with Crippen molar-refractivity contribution in [3.63, 3.8) is 0 Å². The average Bonchev–Trinajstić information content (AvgIpc) is 2.83. The molecule has 0 bridgehead atoms. The third-order valence-electron chi connectivity index (χ3n) is 2.62. The molecule has 21 heavy (non-hydrogen) atoms. The molecule has 7 heteroatoms. The number of rotatable bonds is 5. The van der Waals surface area contributed by atoms with E-state index in [1.165, 1.54) is 0 Å². The summed E-state index contributed by atoms with van der Waals surface area (Å²) in [5.41, 5.74) is 3.29. The molecule has 1 N–H and O–H groups in total. The SMILES string of the molecule is Cn1cccc1/C=N\NC(=O)COc1ccc(Cl)cc1Br. The molecule has 1 amide bonds. The summed E-state index contributed by atoms with van der Waals surface area (Å²) in [6.45, 7) is -0.134. The van der Waals surface area contributed by atoms with Crippen LogP contribution >= 0.6 is 27.5 Å². The molecule has 0 aliphatic carbocycles. The lowest BCUT2D eigenvalue weighted by atomic mass is 10.3. The highest BCUT2D eigenvalue weighted by Crippen LogP contribution is 2.27. The molecule has 0 saturated heterocycles. The van der Waals surface area contributed by atoms with Gasteiger partial charge in [0, 0.05) is 18.3 Å². The number of amides is 1. The standard InChI is InChI=1S/C14H13BrClN3O2/c1-19-6-2-3-11(19)8-17-18-14(20)9-21-13-5-4-10(16)7-12(13)15/h2-8H,9H2,1H3,(H,18,20)/b17-8-. The number of nitrogens with zero attached hydrogens (tertiary/aromatic N) is 2. The van der Waals surface area contributed by atoms with E-state index in [2.05, 4.69) is 26.5 Å². The van der Waals surface area contributed by atoms with E-state index in [4.69, 9.17) is 16.3 Å². The van der Waals surface area contributed by atoms with Crippen LogP contribution in [0.15, 0.2) is 46.1 Å². The fourth-order valence-electron chi connectivity index (χ4n) is 1.55. The second-order valence-electron chi connectivity index (χ2n) is 4.20. The first-order chi connectivity index (χ1) is 10.1. The van der Waals surface area contributed by atoms with Crippen molar-refractivity contribution in [2.45, 2.75) is 0 Å². The molecule has 0 unspecified atom stereocenters. The van der Waals surface area contributed by atoms with E-state index in [1.54, 1.807) is 24.4 Å². The third-order valence-corrected chi connectivity index (χ3v) is 3.48. The number of hydrogen-bond acceptors (Lipinski definition) is 3. The van der Waals surface area contributed by atoms with Gasteiger partial charge in [-0.2, -0.15) is 5.10 Å². The molecule has 0 aliphatic rings. The summed E-state index contributed by atoms with van der Waals surface area (Å²) in [5, 5.41) is 4.45. The number of hydrogen-bond donors (Lipinski definition) is 1. The Bertz CT molecular complexity index is 670. The highest BCUT2D eigenvalue weighted by molar-refractivity contribution is 9.10. The molecular weight excluding hydrogens is 358 g/mol. The van der Waals surface area contributed by atoms with E-state index in [9.17, 15) is 4.79 Å². The third kappa shape index (κ3) is 4.61. The van der Waals surface area contributed by atoms with Gasteiger partial charge in [0.05, 0.1) is 16.4 Å². The molecule has 0 atom stereocenters. The highest BCUT2D eigenvalue weighted by Gasteiger charge is 2.05. The molecular formula is C14H13BrClN3O2. The molecule has 2 aromatic rings. The molecule has 5 nitrogen and oxygen atoms in total. The molecule has 2 rings (SSSR count). The van der Waals surface area contributed by atoms with Gasteiger partial charge in [-0.25, -0.2) is 5.43 Å². The lowest BCUT2D eigenvalue weighted by Crippen LogP contribution is -2.24. The van der Waals surface area contributed by atoms with Crippen LogP contribution in [0.2, 0.25) is 5.02 Å². The van der Waals surface area contributed by atoms with Crippen LogP contribution in [0.4, 0.5) is 0 Å². The predicted octanol–water partition coefficient (Wildman–Crippen LogP) is 2.97. The molecule has 0 fully saturated rings. The van der Waals surface area contributed by atoms with Crippen LogP contribution in [0.1, 0.15) is 5.69 Å². The zero-order valence-electron chi connectivity index (χ0n) is 11.2. The first kappa shape index (κ1) is 15.6. The van der Waals surface area contributed by atoms with Gasteiger partial charge in [0.15, 0.2) is 6.61 Å². The van der Waals surface area contributed by atoms with Gasteiger partial charge in [-0.15, -0.1) is 0 Å². The fraction of sp³-hybridized carbons (Fsp3) is 0.143. The number of aryl methyl sites for hydroxylation is 1. The Morgan fingerprint density at radius 1 is 1.52 bits per heavy atom. The second-order valence-corrected chi connectivity index (χ2v) is 5.49. The van der Waals surface area contributed by atoms with Crippen molar-refractivity contribution < 1.29 is 9.53 Å². The van der Waals surface area contributed by atoms with Crippen molar-refractivity contribution in [2.24, 2.45) is 12.1 Å². The number of nitrogens with one attached hydrogen (secondary N) is 1. The van der Waals surface area contributed by atoms with E-state index in [1.807, 2.05) is 29.9 Å². The zero-order chi connectivity index (χ0) is 15.2. The quantitative estimate of drug-likeness (QED) is 0.650. The van der Waals surface area contributed by atoms with E-state index in [-0.39, 0.29) is 12.5 Å². The summed E-state index contributed by atoms with van der Waals surface area (Å²) in [4.78, 5) is 11.6. The Balaban J connectivity index is 1.82. The van der Waals surface area contributed by atoms with Gasteiger partial charge >= 0.3 is 0 Å². The highest BCUT2D eigenvalue weighted by atomic mass is 79.9. The molecule has 1 aromatic carbocycles. The molecule has 0 spiro atoms. The van der Waals surface area contributed by atoms with Crippen molar-refractivity contribution >= 4 is 39.7 Å². The summed E-state index contributed by atoms with van der Waals surface area (Å²) in [7, 11) is 1.89. The van der Waals surface area contributed by atoms with Gasteiger partial charge in [0.25, 0.3) is 5.91 Å². The Labute approximate surface area is 135 Å². The molecule has 0 saturated carbocycles. The van der Waals surface area contributed by atoms with Gasteiger partial charge in [-0.3, -0.25) is 4.79 Å². The predicted molar refractivity (Wildman–Crippen MR) is 85.8 cm³/mol. The van der Waals surface area contributed by atoms with Crippen molar-refractivity contribution in [1.29, 1.82) is 0 Å². The topological polar surface area (TPSA) is 55.6 Å². The minimum absolute atomic E-state index is 0.134. The summed E-state index contributed by atoms with van der Waals surface area (Å²) in [6.07, 6.45) is 3.46. The molecule has 0 radical (unpaired) electrons. The number of carbonyl (C=O) groups excluding carboxylic acids is 1. The maximum absolute atomic E-state index is 11.6. The van der Waals surface area contributed by atoms with Crippen molar-refractivity contribution in [3.8, 4) is 5.75 Å². The monoisotopic (exact) mass is 369 g/mol. The van der Waals surface area contributed by atoms with Crippen LogP contribution in [-0.4, -0.2) is 23.3 Å². The van der Waals surface area contributed by atoms with E-state index in [0.717, 1.165) is 5.69 Å². The summed E-state index contributed by atoms with van der Waals surface area (Å²) in [5.74, 6) is 0.197. The van der Waals surface area contributed by atoms with Crippen LogP contribution in [0.5, 0.6) is 5.75 Å². The molecule has 110 valence electrons. The normalized spacial score (nSPS) is 10.8. The number of benzene rings is 1. The molecule has 0 aliphatic heterocycles. The van der Waals surface area contributed by atoms with Crippen LogP contribution in [0.3, 0.4) is 0 Å². The number of aromatic nitrogens is 1. The molecule has 1 aromatic heterocycles. The minimum atomic E-state index is -0.345. The summed E-state index contributed by atoms with van der Waals surface area (Å²) < 4.78 is 7.94. The van der Waals surface area contributed by atoms with Gasteiger partial charge in [-0.1, -0.05) is 11.6 Å². The van der Waals surface area contributed by atoms with Crippen LogP contribution in [0, 0.1) is 0 Å². The number of halogens is 2. The maximum Gasteiger partial charge on any atom is 0.277 e. The van der Waals surface area contributed by atoms with Crippen LogP contribution in [0.25, 0.3) is 0 Å². The largest absolute Gasteiger partial charge is 0.483 e. The minimum Gasteiger partial charge on any atom is -0.483 e. The van der Waals surface area contributed by atoms with Crippen LogP contribution in [-0.2, 0) is 11.8 Å². The van der Waals surface area contributed by atoms with Crippen molar-refractivity contribution in [3.05, 3.63) is 51.7 Å². The van der Waals surface area contributed by atoms with Gasteiger partial charge in [0.1, 0.15) is 5.75 Å². The lowest BCUT2D eigenvalue weighted by Gasteiger charge is -2.07. The summed E-state index contributed by atoms with van der Waals surface area (Å²) in [6, 6.07) is 8.85. The maximum atomic E-state index is 11.6. The van der Waals surface area contributed by atoms with E-state index < -0.39 is 0 Å². The van der Waals surface area contributed by atoms with Gasteiger partial charge in [0.2, 0.25) is 0 Å². The van der Waals surface area contributed by atoms with E-state index >= 15 is 0 Å². The average molecular weight is 371 g/mol. The van der Waals surface area contributed by atoms with Gasteiger partial charge < -0.3 is 9.30 Å². The van der Waals surface area contributed by atoms with Crippen molar-refractivity contribution in [2.75, 3.05) is 6.61 Å². The number of hydrazone groups is 1. The fourth-order valence-corrected chi connectivity index (χ4v) is 2.34. The second kappa shape index (κ2) is 7.28.